The van der Waals surface area contributed by atoms with Crippen LogP contribution in [0, 0.1) is 11.3 Å². The van der Waals surface area contributed by atoms with Crippen molar-refractivity contribution < 1.29 is 5.11 Å². The third kappa shape index (κ3) is 5.04. The van der Waals surface area contributed by atoms with Crippen molar-refractivity contribution >= 4 is 24.2 Å². The van der Waals surface area contributed by atoms with Gasteiger partial charge in [-0.3, -0.25) is 5.32 Å². The molecule has 0 fully saturated rings. The molecule has 2 aromatic rings. The van der Waals surface area contributed by atoms with Crippen LogP contribution in [-0.2, 0) is 6.54 Å². The number of halogens is 1. The van der Waals surface area contributed by atoms with E-state index in [1.807, 2.05) is 60.9 Å². The van der Waals surface area contributed by atoms with Gasteiger partial charge in [-0.2, -0.15) is 5.26 Å². The molecule has 0 aromatic heterocycles. The van der Waals surface area contributed by atoms with Gasteiger partial charge >= 0.3 is 0 Å². The Morgan fingerprint density at radius 1 is 1.14 bits per heavy atom. The predicted octanol–water partition coefficient (Wildman–Crippen LogP) is 3.55. The minimum atomic E-state index is -0.838. The van der Waals surface area contributed by atoms with Gasteiger partial charge in [0, 0.05) is 11.4 Å². The normalized spacial score (nSPS) is 12.8. The van der Waals surface area contributed by atoms with Crippen LogP contribution in [0.25, 0.3) is 0 Å². The Kier molecular flexibility index (Phi) is 8.00. The number of nitrogens with one attached hydrogen (secondary N) is 1. The average Bonchev–Trinajstić information content (AvgIpc) is 2.56. The van der Waals surface area contributed by atoms with Crippen LogP contribution in [-0.4, -0.2) is 17.4 Å². The predicted molar refractivity (Wildman–Crippen MR) is 93.1 cm³/mol. The van der Waals surface area contributed by atoms with Crippen LogP contribution < -0.4 is 5.32 Å². The molecule has 0 unspecified atom stereocenters. The molecule has 0 saturated heterocycles. The van der Waals surface area contributed by atoms with Crippen molar-refractivity contribution in [1.82, 2.24) is 5.32 Å². The summed E-state index contributed by atoms with van der Waals surface area (Å²) < 4.78 is 0. The maximum absolute atomic E-state index is 10.3. The fraction of sp³-hybridized carbons (Fsp3) is 0.235. The highest BCUT2D eigenvalue weighted by atomic mass is 35.5. The van der Waals surface area contributed by atoms with E-state index in [4.69, 9.17) is 0 Å². The molecule has 0 amide bonds. The van der Waals surface area contributed by atoms with Crippen molar-refractivity contribution in [2.24, 2.45) is 0 Å². The first-order valence-corrected chi connectivity index (χ1v) is 7.96. The minimum absolute atomic E-state index is 0. The Balaban J connectivity index is 0.00000242. The Labute approximate surface area is 141 Å². The van der Waals surface area contributed by atoms with Crippen molar-refractivity contribution in [1.29, 1.82) is 5.26 Å². The largest absolute Gasteiger partial charge is 0.386 e. The van der Waals surface area contributed by atoms with Crippen molar-refractivity contribution in [3.05, 3.63) is 65.7 Å². The first-order chi connectivity index (χ1) is 10.2. The molecule has 0 aliphatic heterocycles. The van der Waals surface area contributed by atoms with Gasteiger partial charge in [-0.05, 0) is 29.5 Å². The van der Waals surface area contributed by atoms with Gasteiger partial charge in [-0.15, -0.1) is 24.2 Å². The number of thioether (sulfide) groups is 1. The number of nitrogens with zero attached hydrogens (tertiary/aromatic N) is 1. The molecule has 0 spiro atoms. The lowest BCUT2D eigenvalue weighted by Gasteiger charge is -2.18. The third-order valence-electron chi connectivity index (χ3n) is 3.28. The number of aliphatic hydroxyl groups excluding tert-OH is 1. The van der Waals surface area contributed by atoms with Crippen LogP contribution in [0.5, 0.6) is 0 Å². The van der Waals surface area contributed by atoms with Crippen molar-refractivity contribution in [3.63, 3.8) is 0 Å². The van der Waals surface area contributed by atoms with Gasteiger partial charge in [0.2, 0.25) is 0 Å². The van der Waals surface area contributed by atoms with E-state index in [1.165, 1.54) is 0 Å². The quantitative estimate of drug-likeness (QED) is 0.793. The molecule has 3 nitrogen and oxygen atoms in total. The van der Waals surface area contributed by atoms with Crippen LogP contribution in [0.1, 0.15) is 17.2 Å². The molecule has 5 heteroatoms. The lowest BCUT2D eigenvalue weighted by atomic mass is 10.0. The summed E-state index contributed by atoms with van der Waals surface area (Å²) in [6, 6.07) is 19.0. The van der Waals surface area contributed by atoms with Gasteiger partial charge in [0.15, 0.2) is 0 Å². The Hall–Kier alpha value is -1.51. The summed E-state index contributed by atoms with van der Waals surface area (Å²) in [4.78, 5) is 1.14. The maximum atomic E-state index is 10.3. The van der Waals surface area contributed by atoms with Crippen molar-refractivity contribution in [2.75, 3.05) is 6.26 Å². The fourth-order valence-corrected chi connectivity index (χ4v) is 2.45. The molecule has 116 valence electrons. The number of nitriles is 1. The highest BCUT2D eigenvalue weighted by Crippen LogP contribution is 2.21. The summed E-state index contributed by atoms with van der Waals surface area (Å²) >= 11 is 1.65. The minimum Gasteiger partial charge on any atom is -0.386 e. The molecule has 0 bridgehead atoms. The molecule has 2 rings (SSSR count). The number of hydrogen-bond acceptors (Lipinski definition) is 4. The van der Waals surface area contributed by atoms with Crippen molar-refractivity contribution in [2.45, 2.75) is 23.6 Å². The number of benzene rings is 2. The molecular formula is C17H19ClN2OS. The zero-order valence-electron chi connectivity index (χ0n) is 12.3. The molecule has 0 saturated carbocycles. The zero-order chi connectivity index (χ0) is 15.1. The fourth-order valence-electron chi connectivity index (χ4n) is 2.05. The van der Waals surface area contributed by atoms with Crippen LogP contribution in [0.3, 0.4) is 0 Å². The molecule has 0 aliphatic carbocycles. The number of aliphatic hydroxyl groups is 1. The van der Waals surface area contributed by atoms with E-state index in [0.29, 0.717) is 6.54 Å². The Morgan fingerprint density at radius 2 is 1.77 bits per heavy atom. The van der Waals surface area contributed by atoms with Crippen LogP contribution in [0.2, 0.25) is 0 Å². The molecule has 2 atom stereocenters. The van der Waals surface area contributed by atoms with Crippen LogP contribution in [0.4, 0.5) is 0 Å². The van der Waals surface area contributed by atoms with E-state index >= 15 is 0 Å². The van der Waals surface area contributed by atoms with E-state index in [-0.39, 0.29) is 12.4 Å². The third-order valence-corrected chi connectivity index (χ3v) is 4.02. The summed E-state index contributed by atoms with van der Waals surface area (Å²) in [5, 5.41) is 22.7. The lowest BCUT2D eigenvalue weighted by Crippen LogP contribution is -2.33. The van der Waals surface area contributed by atoms with Crippen LogP contribution >= 0.6 is 24.2 Å². The van der Waals surface area contributed by atoms with E-state index in [1.54, 1.807) is 11.8 Å². The van der Waals surface area contributed by atoms with Gasteiger partial charge in [0.25, 0.3) is 0 Å². The van der Waals surface area contributed by atoms with E-state index in [0.717, 1.165) is 16.0 Å². The summed E-state index contributed by atoms with van der Waals surface area (Å²) in [5.74, 6) is 0. The number of rotatable bonds is 6. The maximum Gasteiger partial charge on any atom is 0.126 e. The van der Waals surface area contributed by atoms with E-state index in [9.17, 15) is 10.4 Å². The highest BCUT2D eigenvalue weighted by molar-refractivity contribution is 7.98. The van der Waals surface area contributed by atoms with Gasteiger partial charge in [0.05, 0.1) is 6.07 Å². The first-order valence-electron chi connectivity index (χ1n) is 6.73. The van der Waals surface area contributed by atoms with Gasteiger partial charge in [-0.1, -0.05) is 42.5 Å². The second-order valence-corrected chi connectivity index (χ2v) is 5.57. The molecule has 0 aliphatic rings. The van der Waals surface area contributed by atoms with Gasteiger partial charge < -0.3 is 5.11 Å². The zero-order valence-corrected chi connectivity index (χ0v) is 13.9. The van der Waals surface area contributed by atoms with Crippen LogP contribution in [0.15, 0.2) is 59.5 Å². The SMILES string of the molecule is CSc1ccc([C@@H](O)[C@@H](C#N)NCc2ccccc2)cc1.Cl. The lowest BCUT2D eigenvalue weighted by molar-refractivity contribution is 0.149. The smallest absolute Gasteiger partial charge is 0.126 e. The molecular weight excluding hydrogens is 316 g/mol. The summed E-state index contributed by atoms with van der Waals surface area (Å²) in [7, 11) is 0. The second-order valence-electron chi connectivity index (χ2n) is 4.69. The van der Waals surface area contributed by atoms with E-state index in [2.05, 4.69) is 11.4 Å². The average molecular weight is 335 g/mol. The van der Waals surface area contributed by atoms with Gasteiger partial charge in [0.1, 0.15) is 12.1 Å². The van der Waals surface area contributed by atoms with E-state index < -0.39 is 12.1 Å². The number of hydrogen-bond donors (Lipinski definition) is 2. The Morgan fingerprint density at radius 3 is 2.32 bits per heavy atom. The molecule has 2 aromatic carbocycles. The van der Waals surface area contributed by atoms with Gasteiger partial charge in [-0.25, -0.2) is 0 Å². The highest BCUT2D eigenvalue weighted by Gasteiger charge is 2.19. The second kappa shape index (κ2) is 9.50. The summed E-state index contributed by atoms with van der Waals surface area (Å²) in [6.07, 6.45) is 1.17. The summed E-state index contributed by atoms with van der Waals surface area (Å²) in [6.45, 7) is 0.555. The molecule has 0 radical (unpaired) electrons. The topological polar surface area (TPSA) is 56.0 Å². The first kappa shape index (κ1) is 18.5. The molecule has 0 heterocycles. The molecule has 2 N–H and O–H groups in total. The monoisotopic (exact) mass is 334 g/mol. The Bertz CT molecular complexity index is 598. The standard InChI is InChI=1S/C17H18N2OS.ClH/c1-21-15-9-7-14(8-10-15)17(20)16(11-18)19-12-13-5-3-2-4-6-13;/h2-10,16-17,19-20H,12H2,1H3;1H/t16-,17-;/m1./s1. The molecule has 22 heavy (non-hydrogen) atoms. The van der Waals surface area contributed by atoms with Crippen molar-refractivity contribution in [3.8, 4) is 6.07 Å². The summed E-state index contributed by atoms with van der Waals surface area (Å²) in [5.41, 5.74) is 1.84.